The predicted molar refractivity (Wildman–Crippen MR) is 67.7 cm³/mol. The van der Waals surface area contributed by atoms with Crippen molar-refractivity contribution in [1.29, 1.82) is 0 Å². The molecule has 17 heavy (non-hydrogen) atoms. The molecule has 0 saturated heterocycles. The van der Waals surface area contributed by atoms with Gasteiger partial charge in [0, 0.05) is 4.47 Å². The second-order valence-corrected chi connectivity index (χ2v) is 5.29. The number of ether oxygens (including phenoxy) is 1. The first-order valence-corrected chi connectivity index (χ1v) is 6.49. The van der Waals surface area contributed by atoms with Crippen molar-refractivity contribution < 1.29 is 14.6 Å². The lowest BCUT2D eigenvalue weighted by molar-refractivity contribution is -0.159. The molecule has 0 aromatic heterocycles. The van der Waals surface area contributed by atoms with Crippen molar-refractivity contribution in [1.82, 2.24) is 0 Å². The van der Waals surface area contributed by atoms with E-state index in [0.29, 0.717) is 19.4 Å². The topological polar surface area (TPSA) is 46.5 Å². The fourth-order valence-electron chi connectivity index (χ4n) is 2.32. The van der Waals surface area contributed by atoms with Crippen LogP contribution in [0.1, 0.15) is 25.3 Å². The summed E-state index contributed by atoms with van der Waals surface area (Å²) in [6.07, 6.45) is 0.489. The van der Waals surface area contributed by atoms with Crippen LogP contribution in [-0.2, 0) is 14.9 Å². The molecule has 1 aliphatic rings. The Kier molecular flexibility index (Phi) is 3.54. The summed E-state index contributed by atoms with van der Waals surface area (Å²) in [5.74, 6) is -0.233. The van der Waals surface area contributed by atoms with Gasteiger partial charge < -0.3 is 9.84 Å². The third kappa shape index (κ3) is 2.24. The van der Waals surface area contributed by atoms with E-state index in [1.165, 1.54) is 0 Å². The summed E-state index contributed by atoms with van der Waals surface area (Å²) in [4.78, 5) is 12.1. The minimum absolute atomic E-state index is 0.233. The molecule has 1 aromatic rings. The molecule has 0 amide bonds. The number of esters is 1. The van der Waals surface area contributed by atoms with Crippen molar-refractivity contribution in [2.75, 3.05) is 6.61 Å². The highest BCUT2D eigenvalue weighted by atomic mass is 79.9. The molecule has 1 N–H and O–H groups in total. The fraction of sp³-hybridized carbons (Fsp3) is 0.462. The van der Waals surface area contributed by atoms with E-state index in [1.54, 1.807) is 6.92 Å². The lowest BCUT2D eigenvalue weighted by Gasteiger charge is -2.43. The van der Waals surface area contributed by atoms with Gasteiger partial charge >= 0.3 is 5.97 Å². The molecular weight excluding hydrogens is 284 g/mol. The van der Waals surface area contributed by atoms with Crippen molar-refractivity contribution in [3.63, 3.8) is 0 Å². The SMILES string of the molecule is CCOC(=O)C1(c2cccc(Br)c2)CC(O)C1. The van der Waals surface area contributed by atoms with Gasteiger partial charge in [0.05, 0.1) is 18.1 Å². The molecule has 0 spiro atoms. The van der Waals surface area contributed by atoms with E-state index < -0.39 is 11.5 Å². The Labute approximate surface area is 109 Å². The second kappa shape index (κ2) is 4.78. The maximum Gasteiger partial charge on any atom is 0.316 e. The highest BCUT2D eigenvalue weighted by Crippen LogP contribution is 2.45. The Balaban J connectivity index is 2.32. The van der Waals surface area contributed by atoms with Gasteiger partial charge in [0.15, 0.2) is 0 Å². The first-order valence-electron chi connectivity index (χ1n) is 5.70. The van der Waals surface area contributed by atoms with Crippen LogP contribution in [0.5, 0.6) is 0 Å². The fourth-order valence-corrected chi connectivity index (χ4v) is 2.72. The molecule has 0 heterocycles. The van der Waals surface area contributed by atoms with Crippen LogP contribution in [0.3, 0.4) is 0 Å². The molecule has 2 rings (SSSR count). The van der Waals surface area contributed by atoms with Gasteiger partial charge in [-0.2, -0.15) is 0 Å². The van der Waals surface area contributed by atoms with E-state index in [2.05, 4.69) is 15.9 Å². The molecular formula is C13H15BrO3. The van der Waals surface area contributed by atoms with E-state index in [1.807, 2.05) is 24.3 Å². The molecule has 0 bridgehead atoms. The molecule has 4 heteroatoms. The summed E-state index contributed by atoms with van der Waals surface area (Å²) < 4.78 is 6.06. The average Bonchev–Trinajstić information content (AvgIpc) is 2.24. The number of halogens is 1. The standard InChI is InChI=1S/C13H15BrO3/c1-2-17-12(16)13(7-11(15)8-13)9-4-3-5-10(14)6-9/h3-6,11,15H,2,7-8H2,1H3. The van der Waals surface area contributed by atoms with E-state index in [4.69, 9.17) is 4.74 Å². The molecule has 0 radical (unpaired) electrons. The lowest BCUT2D eigenvalue weighted by atomic mass is 9.62. The van der Waals surface area contributed by atoms with Gasteiger partial charge in [-0.15, -0.1) is 0 Å². The van der Waals surface area contributed by atoms with Crippen molar-refractivity contribution in [3.05, 3.63) is 34.3 Å². The van der Waals surface area contributed by atoms with Crippen LogP contribution in [-0.4, -0.2) is 23.8 Å². The zero-order valence-corrected chi connectivity index (χ0v) is 11.2. The van der Waals surface area contributed by atoms with E-state index in [0.717, 1.165) is 10.0 Å². The third-order valence-electron chi connectivity index (χ3n) is 3.21. The van der Waals surface area contributed by atoms with Crippen LogP contribution in [0.25, 0.3) is 0 Å². The van der Waals surface area contributed by atoms with Gasteiger partial charge in [-0.25, -0.2) is 0 Å². The Morgan fingerprint density at radius 3 is 2.82 bits per heavy atom. The van der Waals surface area contributed by atoms with Crippen molar-refractivity contribution in [2.24, 2.45) is 0 Å². The summed E-state index contributed by atoms with van der Waals surface area (Å²) in [5.41, 5.74) is 0.259. The maximum atomic E-state index is 12.1. The van der Waals surface area contributed by atoms with Crippen LogP contribution < -0.4 is 0 Å². The molecule has 3 nitrogen and oxygen atoms in total. The normalized spacial score (nSPS) is 27.4. The first-order chi connectivity index (χ1) is 8.08. The lowest BCUT2D eigenvalue weighted by Crippen LogP contribution is -2.51. The van der Waals surface area contributed by atoms with Gasteiger partial charge in [0.1, 0.15) is 0 Å². The monoisotopic (exact) mass is 298 g/mol. The van der Waals surface area contributed by atoms with Crippen LogP contribution in [0.2, 0.25) is 0 Å². The summed E-state index contributed by atoms with van der Waals surface area (Å²) in [7, 11) is 0. The van der Waals surface area contributed by atoms with E-state index >= 15 is 0 Å². The highest BCUT2D eigenvalue weighted by molar-refractivity contribution is 9.10. The number of hydrogen-bond donors (Lipinski definition) is 1. The number of aliphatic hydroxyl groups is 1. The quantitative estimate of drug-likeness (QED) is 0.872. The molecule has 0 unspecified atom stereocenters. The molecule has 1 aliphatic carbocycles. The van der Waals surface area contributed by atoms with Gasteiger partial charge in [-0.3, -0.25) is 4.79 Å². The Bertz CT molecular complexity index is 424. The highest BCUT2D eigenvalue weighted by Gasteiger charge is 2.52. The molecule has 1 aromatic carbocycles. The molecule has 0 aliphatic heterocycles. The summed E-state index contributed by atoms with van der Waals surface area (Å²) in [6.45, 7) is 2.16. The number of rotatable bonds is 3. The zero-order chi connectivity index (χ0) is 12.5. The van der Waals surface area contributed by atoms with Crippen molar-refractivity contribution >= 4 is 21.9 Å². The number of aliphatic hydroxyl groups excluding tert-OH is 1. The van der Waals surface area contributed by atoms with E-state index in [-0.39, 0.29) is 5.97 Å². The van der Waals surface area contributed by atoms with Crippen LogP contribution >= 0.6 is 15.9 Å². The Hall–Kier alpha value is -0.870. The van der Waals surface area contributed by atoms with Gasteiger partial charge in [0.2, 0.25) is 0 Å². The summed E-state index contributed by atoms with van der Waals surface area (Å²) in [6, 6.07) is 7.64. The van der Waals surface area contributed by atoms with Crippen LogP contribution in [0.15, 0.2) is 28.7 Å². The predicted octanol–water partition coefficient (Wildman–Crippen LogP) is 2.40. The van der Waals surface area contributed by atoms with Gasteiger partial charge in [-0.1, -0.05) is 28.1 Å². The first kappa shape index (κ1) is 12.6. The second-order valence-electron chi connectivity index (χ2n) is 4.37. The largest absolute Gasteiger partial charge is 0.465 e. The Morgan fingerprint density at radius 2 is 2.29 bits per heavy atom. The van der Waals surface area contributed by atoms with Crippen LogP contribution in [0, 0.1) is 0 Å². The minimum Gasteiger partial charge on any atom is -0.465 e. The summed E-state index contributed by atoms with van der Waals surface area (Å²) in [5, 5.41) is 9.51. The third-order valence-corrected chi connectivity index (χ3v) is 3.70. The van der Waals surface area contributed by atoms with Crippen molar-refractivity contribution in [3.8, 4) is 0 Å². The number of hydrogen-bond acceptors (Lipinski definition) is 3. The summed E-state index contributed by atoms with van der Waals surface area (Å²) >= 11 is 3.40. The molecule has 1 saturated carbocycles. The van der Waals surface area contributed by atoms with E-state index in [9.17, 15) is 9.90 Å². The number of benzene rings is 1. The average molecular weight is 299 g/mol. The molecule has 92 valence electrons. The molecule has 0 atom stereocenters. The van der Waals surface area contributed by atoms with Gasteiger partial charge in [0.25, 0.3) is 0 Å². The maximum absolute atomic E-state index is 12.1. The van der Waals surface area contributed by atoms with Gasteiger partial charge in [-0.05, 0) is 37.5 Å². The Morgan fingerprint density at radius 1 is 1.59 bits per heavy atom. The van der Waals surface area contributed by atoms with Crippen LogP contribution in [0.4, 0.5) is 0 Å². The number of carbonyl (C=O) groups excluding carboxylic acids is 1. The van der Waals surface area contributed by atoms with Crippen molar-refractivity contribution in [2.45, 2.75) is 31.3 Å². The number of carbonyl (C=O) groups is 1. The molecule has 1 fully saturated rings. The minimum atomic E-state index is -0.654. The smallest absolute Gasteiger partial charge is 0.316 e. The zero-order valence-electron chi connectivity index (χ0n) is 9.65.